The van der Waals surface area contributed by atoms with Gasteiger partial charge in [-0.2, -0.15) is 0 Å². The van der Waals surface area contributed by atoms with Crippen molar-refractivity contribution in [2.75, 3.05) is 33.3 Å². The Morgan fingerprint density at radius 1 is 1.42 bits per heavy atom. The lowest BCUT2D eigenvalue weighted by atomic mass is 10.1. The second-order valence-electron chi connectivity index (χ2n) is 4.96. The first-order chi connectivity index (χ1) is 9.27. The van der Waals surface area contributed by atoms with Crippen LogP contribution in [0.4, 0.5) is 0 Å². The molecule has 1 fully saturated rings. The largest absolute Gasteiger partial charge is 0.494 e. The highest BCUT2D eigenvalue weighted by atomic mass is 16.5. The van der Waals surface area contributed by atoms with Gasteiger partial charge in [0.15, 0.2) is 0 Å². The molecule has 104 valence electrons. The summed E-state index contributed by atoms with van der Waals surface area (Å²) in [5.41, 5.74) is 0. The van der Waals surface area contributed by atoms with Crippen molar-refractivity contribution in [3.63, 3.8) is 0 Å². The van der Waals surface area contributed by atoms with Crippen LogP contribution < -0.4 is 10.1 Å². The number of hydrogen-bond donors (Lipinski definition) is 1. The first-order valence-electron chi connectivity index (χ1n) is 6.91. The molecule has 1 aliphatic rings. The van der Waals surface area contributed by atoms with Crippen molar-refractivity contribution in [3.05, 3.63) is 30.3 Å². The molecular formula is C15H22N2O2. The van der Waals surface area contributed by atoms with E-state index in [1.54, 1.807) is 0 Å². The average molecular weight is 262 g/mol. The number of hydrogen-bond acceptors (Lipinski definition) is 3. The summed E-state index contributed by atoms with van der Waals surface area (Å²) in [6, 6.07) is 9.77. The van der Waals surface area contributed by atoms with Gasteiger partial charge in [0.05, 0.1) is 12.5 Å². The van der Waals surface area contributed by atoms with Gasteiger partial charge in [-0.05, 0) is 31.5 Å². The number of carbonyl (C=O) groups is 1. The van der Waals surface area contributed by atoms with Gasteiger partial charge in [0.25, 0.3) is 0 Å². The van der Waals surface area contributed by atoms with Gasteiger partial charge in [-0.3, -0.25) is 4.79 Å². The lowest BCUT2D eigenvalue weighted by molar-refractivity contribution is -0.133. The zero-order chi connectivity index (χ0) is 13.5. The molecule has 1 aromatic carbocycles. The van der Waals surface area contributed by atoms with Gasteiger partial charge in [0.2, 0.25) is 5.91 Å². The molecule has 19 heavy (non-hydrogen) atoms. The van der Waals surface area contributed by atoms with Crippen LogP contribution in [0.5, 0.6) is 5.75 Å². The lowest BCUT2D eigenvalue weighted by Crippen LogP contribution is -2.35. The fourth-order valence-corrected chi connectivity index (χ4v) is 2.30. The molecule has 1 N–H and O–H groups in total. The molecule has 0 aliphatic carbocycles. The van der Waals surface area contributed by atoms with E-state index in [1.165, 1.54) is 0 Å². The molecule has 1 saturated heterocycles. The third kappa shape index (κ3) is 4.24. The Bertz CT molecular complexity index is 388. The molecule has 0 saturated carbocycles. The van der Waals surface area contributed by atoms with Gasteiger partial charge < -0.3 is 15.0 Å². The zero-order valence-electron chi connectivity index (χ0n) is 11.5. The van der Waals surface area contributed by atoms with Gasteiger partial charge in [0, 0.05) is 20.1 Å². The number of rotatable bonds is 6. The summed E-state index contributed by atoms with van der Waals surface area (Å²) in [6.07, 6.45) is 1.82. The third-order valence-corrected chi connectivity index (χ3v) is 3.44. The van der Waals surface area contributed by atoms with Crippen LogP contribution >= 0.6 is 0 Å². The van der Waals surface area contributed by atoms with E-state index in [4.69, 9.17) is 4.74 Å². The summed E-state index contributed by atoms with van der Waals surface area (Å²) < 4.78 is 5.61. The van der Waals surface area contributed by atoms with Gasteiger partial charge in [-0.25, -0.2) is 0 Å². The van der Waals surface area contributed by atoms with Crippen LogP contribution in [0.25, 0.3) is 0 Å². The highest BCUT2D eigenvalue weighted by Crippen LogP contribution is 2.11. The molecule has 1 atom stereocenters. The van der Waals surface area contributed by atoms with Crippen molar-refractivity contribution >= 4 is 5.91 Å². The van der Waals surface area contributed by atoms with Crippen LogP contribution in [0.3, 0.4) is 0 Å². The number of nitrogens with one attached hydrogen (secondary N) is 1. The summed E-state index contributed by atoms with van der Waals surface area (Å²) >= 11 is 0. The highest BCUT2D eigenvalue weighted by Gasteiger charge is 2.24. The van der Waals surface area contributed by atoms with E-state index in [0.29, 0.717) is 6.61 Å². The van der Waals surface area contributed by atoms with Crippen LogP contribution in [0.15, 0.2) is 30.3 Å². The molecule has 0 aromatic heterocycles. The molecule has 2 rings (SSSR count). The van der Waals surface area contributed by atoms with E-state index in [9.17, 15) is 4.79 Å². The number of ether oxygens (including phenoxy) is 1. The van der Waals surface area contributed by atoms with Crippen molar-refractivity contribution in [2.45, 2.75) is 12.8 Å². The van der Waals surface area contributed by atoms with Crippen molar-refractivity contribution in [2.24, 2.45) is 5.92 Å². The number of amides is 1. The van der Waals surface area contributed by atoms with Gasteiger partial charge in [-0.1, -0.05) is 18.2 Å². The topological polar surface area (TPSA) is 41.6 Å². The number of benzene rings is 1. The van der Waals surface area contributed by atoms with Crippen molar-refractivity contribution in [3.8, 4) is 5.75 Å². The van der Waals surface area contributed by atoms with E-state index in [1.807, 2.05) is 42.3 Å². The molecule has 0 bridgehead atoms. The Balaban J connectivity index is 1.63. The van der Waals surface area contributed by atoms with Gasteiger partial charge in [0.1, 0.15) is 5.75 Å². The van der Waals surface area contributed by atoms with E-state index in [0.717, 1.165) is 38.2 Å². The Morgan fingerprint density at radius 3 is 2.89 bits per heavy atom. The molecule has 0 spiro atoms. The van der Waals surface area contributed by atoms with Crippen molar-refractivity contribution in [1.82, 2.24) is 10.2 Å². The fraction of sp³-hybridized carbons (Fsp3) is 0.533. The molecule has 0 radical (unpaired) electrons. The number of para-hydroxylation sites is 1. The van der Waals surface area contributed by atoms with Crippen molar-refractivity contribution in [1.29, 1.82) is 0 Å². The summed E-state index contributed by atoms with van der Waals surface area (Å²) in [4.78, 5) is 13.9. The monoisotopic (exact) mass is 262 g/mol. The maximum atomic E-state index is 12.1. The maximum Gasteiger partial charge on any atom is 0.226 e. The first-order valence-corrected chi connectivity index (χ1v) is 6.91. The number of carbonyl (C=O) groups excluding carboxylic acids is 1. The van der Waals surface area contributed by atoms with Gasteiger partial charge >= 0.3 is 0 Å². The normalized spacial score (nSPS) is 18.3. The van der Waals surface area contributed by atoms with Crippen molar-refractivity contribution < 1.29 is 9.53 Å². The quantitative estimate of drug-likeness (QED) is 0.790. The standard InChI is InChI=1S/C15H22N2O2/c1-17(15(18)13-8-9-16-12-13)10-5-11-19-14-6-3-2-4-7-14/h2-4,6-7,13,16H,5,8-12H2,1H3. The Labute approximate surface area is 114 Å². The molecule has 4 nitrogen and oxygen atoms in total. The van der Waals surface area contributed by atoms with E-state index in [2.05, 4.69) is 5.32 Å². The summed E-state index contributed by atoms with van der Waals surface area (Å²) in [5, 5.41) is 3.22. The summed E-state index contributed by atoms with van der Waals surface area (Å²) in [6.45, 7) is 3.18. The molecule has 1 amide bonds. The lowest BCUT2D eigenvalue weighted by Gasteiger charge is -2.20. The Hall–Kier alpha value is -1.55. The van der Waals surface area contributed by atoms with E-state index >= 15 is 0 Å². The Kier molecular flexibility index (Phi) is 5.21. The fourth-order valence-electron chi connectivity index (χ4n) is 2.30. The van der Waals surface area contributed by atoms with Crippen LogP contribution in [0.1, 0.15) is 12.8 Å². The van der Waals surface area contributed by atoms with E-state index < -0.39 is 0 Å². The van der Waals surface area contributed by atoms with E-state index in [-0.39, 0.29) is 11.8 Å². The minimum absolute atomic E-state index is 0.167. The SMILES string of the molecule is CN(CCCOc1ccccc1)C(=O)C1CCNC1. The predicted molar refractivity (Wildman–Crippen MR) is 75.2 cm³/mol. The minimum atomic E-state index is 0.167. The molecule has 1 unspecified atom stereocenters. The van der Waals surface area contributed by atoms with Crippen LogP contribution in [-0.4, -0.2) is 44.1 Å². The zero-order valence-corrected chi connectivity index (χ0v) is 11.5. The summed E-state index contributed by atoms with van der Waals surface area (Å²) in [5.74, 6) is 1.31. The average Bonchev–Trinajstić information content (AvgIpc) is 2.98. The molecule has 1 heterocycles. The molecular weight excluding hydrogens is 240 g/mol. The second kappa shape index (κ2) is 7.14. The van der Waals surface area contributed by atoms with Crippen LogP contribution in [0, 0.1) is 5.92 Å². The first kappa shape index (κ1) is 13.9. The third-order valence-electron chi connectivity index (χ3n) is 3.44. The number of nitrogens with zero attached hydrogens (tertiary/aromatic N) is 1. The smallest absolute Gasteiger partial charge is 0.226 e. The minimum Gasteiger partial charge on any atom is -0.494 e. The maximum absolute atomic E-state index is 12.1. The van der Waals surface area contributed by atoms with Gasteiger partial charge in [-0.15, -0.1) is 0 Å². The highest BCUT2D eigenvalue weighted by molar-refractivity contribution is 5.79. The molecule has 1 aromatic rings. The Morgan fingerprint density at radius 2 is 2.21 bits per heavy atom. The second-order valence-corrected chi connectivity index (χ2v) is 4.96. The van der Waals surface area contributed by atoms with Crippen LogP contribution in [-0.2, 0) is 4.79 Å². The van der Waals surface area contributed by atoms with Crippen LogP contribution in [0.2, 0.25) is 0 Å². The predicted octanol–water partition coefficient (Wildman–Crippen LogP) is 1.52. The summed E-state index contributed by atoms with van der Waals surface area (Å²) in [7, 11) is 1.88. The molecule has 4 heteroatoms. The molecule has 1 aliphatic heterocycles.